The fourth-order valence-corrected chi connectivity index (χ4v) is 6.31. The van der Waals surface area contributed by atoms with Crippen LogP contribution in [0.15, 0.2) is 10.5 Å². The molecule has 2 saturated heterocycles. The van der Waals surface area contributed by atoms with Gasteiger partial charge in [0.05, 0.1) is 18.1 Å². The first-order valence-corrected chi connectivity index (χ1v) is 11.5. The van der Waals surface area contributed by atoms with Gasteiger partial charge in [-0.1, -0.05) is 13.8 Å². The average molecular weight is 428 g/mol. The summed E-state index contributed by atoms with van der Waals surface area (Å²) in [5.41, 5.74) is 0.792. The average Bonchev–Trinajstić information content (AvgIpc) is 3.31. The second-order valence-corrected chi connectivity index (χ2v) is 10.9. The Labute approximate surface area is 176 Å². The van der Waals surface area contributed by atoms with Gasteiger partial charge < -0.3 is 24.4 Å². The lowest BCUT2D eigenvalue weighted by Gasteiger charge is -2.36. The Morgan fingerprint density at radius 2 is 2.07 bits per heavy atom. The number of ether oxygens (including phenoxy) is 3. The number of rotatable bonds is 5. The maximum atomic E-state index is 11.8. The molecule has 2 fully saturated rings. The van der Waals surface area contributed by atoms with E-state index in [1.165, 1.54) is 10.5 Å². The van der Waals surface area contributed by atoms with E-state index in [9.17, 15) is 15.0 Å². The first-order valence-electron chi connectivity index (χ1n) is 10.6. The van der Waals surface area contributed by atoms with Crippen molar-refractivity contribution < 1.29 is 29.2 Å². The van der Waals surface area contributed by atoms with E-state index < -0.39 is 24.5 Å². The van der Waals surface area contributed by atoms with Gasteiger partial charge >= 0.3 is 5.97 Å². The first kappa shape index (κ1) is 21.6. The van der Waals surface area contributed by atoms with Crippen LogP contribution in [0.2, 0.25) is 0 Å². The Morgan fingerprint density at radius 1 is 1.34 bits per heavy atom. The van der Waals surface area contributed by atoms with E-state index in [1.807, 2.05) is 46.4 Å². The summed E-state index contributed by atoms with van der Waals surface area (Å²) in [5.74, 6) is 0.582. The number of hydrogen-bond acceptors (Lipinski definition) is 8. The number of aliphatic hydroxyl groups excluding tert-OH is 2. The Morgan fingerprint density at radius 3 is 2.69 bits per heavy atom. The maximum absolute atomic E-state index is 11.8. The quantitative estimate of drug-likeness (QED) is 0.510. The predicted octanol–water partition coefficient (Wildman–Crippen LogP) is 2.28. The normalized spacial score (nSPS) is 41.1. The largest absolute Gasteiger partial charge is 0.435 e. The minimum absolute atomic E-state index is 0.0231. The summed E-state index contributed by atoms with van der Waals surface area (Å²) in [7, 11) is 0. The number of cyclic esters (lactones) is 1. The number of fused-ring (bicyclic) bond motifs is 2. The van der Waals surface area contributed by atoms with Crippen molar-refractivity contribution in [1.82, 2.24) is 4.90 Å². The number of nitrogens with zero attached hydrogens (tertiary/aromatic N) is 1. The molecule has 7 nitrogen and oxygen atoms in total. The van der Waals surface area contributed by atoms with Crippen LogP contribution in [0.1, 0.15) is 47.5 Å². The molecule has 8 atom stereocenters. The van der Waals surface area contributed by atoms with Crippen LogP contribution in [-0.4, -0.2) is 64.0 Å². The third-order valence-electron chi connectivity index (χ3n) is 6.74. The molecule has 1 aliphatic carbocycles. The van der Waals surface area contributed by atoms with Crippen molar-refractivity contribution in [2.24, 2.45) is 23.7 Å². The van der Waals surface area contributed by atoms with Crippen LogP contribution < -0.4 is 0 Å². The third kappa shape index (κ3) is 3.88. The van der Waals surface area contributed by atoms with Crippen LogP contribution >= 0.6 is 11.8 Å². The zero-order valence-electron chi connectivity index (χ0n) is 17.8. The van der Waals surface area contributed by atoms with Gasteiger partial charge in [0.25, 0.3) is 0 Å². The molecule has 29 heavy (non-hydrogen) atoms. The molecule has 0 radical (unpaired) electrons. The highest BCUT2D eigenvalue weighted by atomic mass is 32.2. The van der Waals surface area contributed by atoms with Crippen molar-refractivity contribution in [3.05, 3.63) is 10.5 Å². The number of carbonyl (C=O) groups excluding carboxylic acids is 1. The first-order chi connectivity index (χ1) is 13.6. The molecule has 3 aliphatic heterocycles. The van der Waals surface area contributed by atoms with E-state index in [2.05, 4.69) is 0 Å². The van der Waals surface area contributed by atoms with Crippen LogP contribution in [0.4, 0.5) is 0 Å². The number of esters is 1. The van der Waals surface area contributed by atoms with Gasteiger partial charge in [-0.3, -0.25) is 4.79 Å². The number of carbonyl (C=O) groups is 1. The number of thioether (sulfide) groups is 1. The zero-order valence-corrected chi connectivity index (χ0v) is 18.6. The Kier molecular flexibility index (Phi) is 5.81. The fourth-order valence-electron chi connectivity index (χ4n) is 5.02. The van der Waals surface area contributed by atoms with Gasteiger partial charge in [-0.15, -0.1) is 11.8 Å². The molecule has 0 aromatic heterocycles. The summed E-state index contributed by atoms with van der Waals surface area (Å²) >= 11 is 1.88. The zero-order chi connectivity index (χ0) is 21.1. The molecule has 8 heteroatoms. The number of likely N-dealkylation sites (tertiary alicyclic amines) is 1. The highest BCUT2D eigenvalue weighted by molar-refractivity contribution is 8.03. The number of allylic oxidation sites excluding steroid dienone is 1. The van der Waals surface area contributed by atoms with Crippen LogP contribution in [0.3, 0.4) is 0 Å². The lowest BCUT2D eigenvalue weighted by Crippen LogP contribution is -2.49. The number of hydrogen-bond donors (Lipinski definition) is 2. The van der Waals surface area contributed by atoms with E-state index >= 15 is 0 Å². The second-order valence-electron chi connectivity index (χ2n) is 9.73. The Bertz CT molecular complexity index is 691. The van der Waals surface area contributed by atoms with Crippen LogP contribution in [0.25, 0.3) is 0 Å². The fraction of sp³-hybridized carbons (Fsp3) is 0.857. The van der Waals surface area contributed by atoms with E-state index in [1.54, 1.807) is 4.90 Å². The minimum Gasteiger partial charge on any atom is -0.435 e. The van der Waals surface area contributed by atoms with Crippen LogP contribution in [0, 0.1) is 23.7 Å². The SMILES string of the molecule is CC1C(=O)OC(OCC2C3CC4=C(CCS4)C3N([C@H](O)OC(C)(C)C)[C@H]2O)C1C. The van der Waals surface area contributed by atoms with E-state index in [4.69, 9.17) is 14.2 Å². The minimum atomic E-state index is -1.19. The molecule has 0 aromatic rings. The summed E-state index contributed by atoms with van der Waals surface area (Å²) in [6.07, 6.45) is -0.779. The third-order valence-corrected chi connectivity index (χ3v) is 7.92. The summed E-state index contributed by atoms with van der Waals surface area (Å²) < 4.78 is 17.2. The van der Waals surface area contributed by atoms with Crippen molar-refractivity contribution >= 4 is 17.7 Å². The predicted molar refractivity (Wildman–Crippen MR) is 108 cm³/mol. The van der Waals surface area contributed by atoms with Gasteiger partial charge in [0.2, 0.25) is 12.7 Å². The summed E-state index contributed by atoms with van der Waals surface area (Å²) in [5, 5.41) is 22.0. The molecule has 0 aromatic carbocycles. The molecule has 0 bridgehead atoms. The summed E-state index contributed by atoms with van der Waals surface area (Å²) in [6.45, 7) is 9.74. The van der Waals surface area contributed by atoms with Crippen molar-refractivity contribution in [3.63, 3.8) is 0 Å². The summed E-state index contributed by atoms with van der Waals surface area (Å²) in [6, 6.07) is -0.0385. The van der Waals surface area contributed by atoms with Crippen LogP contribution in [-0.2, 0) is 19.0 Å². The molecule has 0 spiro atoms. The molecule has 2 N–H and O–H groups in total. The molecule has 0 saturated carbocycles. The molecule has 3 heterocycles. The molecule has 6 unspecified atom stereocenters. The van der Waals surface area contributed by atoms with Gasteiger partial charge in [-0.05, 0) is 50.0 Å². The second kappa shape index (κ2) is 7.80. The lowest BCUT2D eigenvalue weighted by atomic mass is 9.89. The monoisotopic (exact) mass is 427 g/mol. The highest BCUT2D eigenvalue weighted by Gasteiger charge is 2.57. The Balaban J connectivity index is 1.51. The van der Waals surface area contributed by atoms with E-state index in [0.29, 0.717) is 0 Å². The summed E-state index contributed by atoms with van der Waals surface area (Å²) in [4.78, 5) is 14.9. The lowest BCUT2D eigenvalue weighted by molar-refractivity contribution is -0.270. The van der Waals surface area contributed by atoms with Crippen molar-refractivity contribution in [2.75, 3.05) is 12.4 Å². The van der Waals surface area contributed by atoms with Crippen LogP contribution in [0.5, 0.6) is 0 Å². The standard InChI is InChI=1S/C21H33NO6S/c1-10-11(2)19(27-18(10)24)26-9-14-13-8-15-12(6-7-29-15)16(13)22(17(14)23)20(25)28-21(3,4)5/h10-11,13-14,16-17,19-20,23,25H,6-9H2,1-5H3/t10?,11?,13?,14?,16?,17-,19?,20+/m0/s1. The van der Waals surface area contributed by atoms with E-state index in [0.717, 1.165) is 18.6 Å². The maximum Gasteiger partial charge on any atom is 0.311 e. The molecular weight excluding hydrogens is 394 g/mol. The molecule has 4 rings (SSSR count). The van der Waals surface area contributed by atoms with Gasteiger partial charge in [0.1, 0.15) is 6.23 Å². The Hall–Kier alpha value is -0.640. The molecule has 0 amide bonds. The van der Waals surface area contributed by atoms with Crippen molar-refractivity contribution in [3.8, 4) is 0 Å². The highest BCUT2D eigenvalue weighted by Crippen LogP contribution is 2.55. The van der Waals surface area contributed by atoms with Gasteiger partial charge in [0.15, 0.2) is 0 Å². The van der Waals surface area contributed by atoms with Crippen molar-refractivity contribution in [2.45, 2.75) is 78.0 Å². The molecule has 4 aliphatic rings. The van der Waals surface area contributed by atoms with Gasteiger partial charge in [0, 0.05) is 23.6 Å². The molecular formula is C21H33NO6S. The van der Waals surface area contributed by atoms with E-state index in [-0.39, 0.29) is 42.3 Å². The topological polar surface area (TPSA) is 88.5 Å². The molecule has 164 valence electrons. The van der Waals surface area contributed by atoms with Crippen molar-refractivity contribution in [1.29, 1.82) is 0 Å². The smallest absolute Gasteiger partial charge is 0.311 e. The van der Waals surface area contributed by atoms with Gasteiger partial charge in [-0.2, -0.15) is 0 Å². The number of aliphatic hydroxyl groups is 2. The van der Waals surface area contributed by atoms with Gasteiger partial charge in [-0.25, -0.2) is 4.90 Å².